The maximum atomic E-state index is 12.7. The molecule has 4 heteroatoms. The van der Waals surface area contributed by atoms with Crippen LogP contribution in [-0.4, -0.2) is 25.2 Å². The summed E-state index contributed by atoms with van der Waals surface area (Å²) in [7, 11) is 0. The fraction of sp³-hybridized carbons (Fsp3) is 0.692. The molecule has 0 bridgehead atoms. The molecule has 1 rings (SSSR count). The fourth-order valence-electron chi connectivity index (χ4n) is 3.56. The number of hydrogen-bond acceptors (Lipinski definition) is 4. The second kappa shape index (κ2) is 15.9. The van der Waals surface area contributed by atoms with Crippen molar-refractivity contribution >= 4 is 11.9 Å². The molecule has 0 aliphatic carbocycles. The van der Waals surface area contributed by atoms with E-state index in [-0.39, 0.29) is 0 Å². The van der Waals surface area contributed by atoms with Gasteiger partial charge in [-0.2, -0.15) is 0 Å². The van der Waals surface area contributed by atoms with Gasteiger partial charge < -0.3 is 9.47 Å². The lowest BCUT2D eigenvalue weighted by molar-refractivity contribution is 0.0381. The van der Waals surface area contributed by atoms with E-state index in [0.717, 1.165) is 38.5 Å². The molecule has 0 aromatic heterocycles. The van der Waals surface area contributed by atoms with Crippen molar-refractivity contribution in [2.24, 2.45) is 11.8 Å². The molecule has 1 aromatic rings. The molecule has 1 aromatic carbocycles. The Bertz CT molecular complexity index is 558. The molecule has 4 nitrogen and oxygen atoms in total. The minimum absolute atomic E-state index is 0.296. The van der Waals surface area contributed by atoms with Gasteiger partial charge in [0.15, 0.2) is 0 Å². The van der Waals surface area contributed by atoms with Gasteiger partial charge in [0.1, 0.15) is 0 Å². The van der Waals surface area contributed by atoms with Crippen molar-refractivity contribution in [3.05, 3.63) is 35.4 Å². The van der Waals surface area contributed by atoms with Crippen molar-refractivity contribution in [1.29, 1.82) is 0 Å². The Labute approximate surface area is 183 Å². The minimum atomic E-state index is -0.438. The summed E-state index contributed by atoms with van der Waals surface area (Å²) in [4.78, 5) is 25.3. The summed E-state index contributed by atoms with van der Waals surface area (Å²) in [6.45, 7) is 9.42. The smallest absolute Gasteiger partial charge is 0.339 e. The molecule has 0 fully saturated rings. The first-order chi connectivity index (χ1) is 14.6. The largest absolute Gasteiger partial charge is 0.462 e. The predicted octanol–water partition coefficient (Wildman–Crippen LogP) is 7.21. The summed E-state index contributed by atoms with van der Waals surface area (Å²) in [5.74, 6) is -0.140. The SMILES string of the molecule is CCCCC[C@@H](CC)COC(=O)c1ccccc1C(=O)OC[C@@H](CC)CCCCC. The normalized spacial score (nSPS) is 12.9. The summed E-state index contributed by atoms with van der Waals surface area (Å²) in [5.41, 5.74) is 0.592. The summed E-state index contributed by atoms with van der Waals surface area (Å²) in [6.07, 6.45) is 11.2. The van der Waals surface area contributed by atoms with E-state index in [1.807, 2.05) is 0 Å². The maximum Gasteiger partial charge on any atom is 0.339 e. The highest BCUT2D eigenvalue weighted by molar-refractivity contribution is 6.03. The van der Waals surface area contributed by atoms with Crippen LogP contribution >= 0.6 is 0 Å². The average Bonchev–Trinajstić information content (AvgIpc) is 2.78. The molecule has 0 N–H and O–H groups in total. The number of carbonyl (C=O) groups is 2. The van der Waals surface area contributed by atoms with E-state index in [1.54, 1.807) is 24.3 Å². The van der Waals surface area contributed by atoms with Gasteiger partial charge in [0.2, 0.25) is 0 Å². The van der Waals surface area contributed by atoms with Gasteiger partial charge in [-0.25, -0.2) is 9.59 Å². The number of unbranched alkanes of at least 4 members (excludes halogenated alkanes) is 4. The molecule has 2 atom stereocenters. The van der Waals surface area contributed by atoms with Gasteiger partial charge in [-0.1, -0.05) is 91.2 Å². The van der Waals surface area contributed by atoms with Gasteiger partial charge in [0, 0.05) is 0 Å². The van der Waals surface area contributed by atoms with Crippen LogP contribution in [0.3, 0.4) is 0 Å². The third kappa shape index (κ3) is 9.77. The first kappa shape index (κ1) is 26.2. The molecule has 0 aliphatic heterocycles. The Morgan fingerprint density at radius 2 is 1.10 bits per heavy atom. The molecule has 0 heterocycles. The van der Waals surface area contributed by atoms with Crippen molar-refractivity contribution in [3.63, 3.8) is 0 Å². The van der Waals surface area contributed by atoms with Crippen LogP contribution in [0.15, 0.2) is 24.3 Å². The molecule has 0 spiro atoms. The quantitative estimate of drug-likeness (QED) is 0.210. The van der Waals surface area contributed by atoms with Crippen LogP contribution in [0.1, 0.15) is 113 Å². The minimum Gasteiger partial charge on any atom is -0.462 e. The molecular formula is C26H42O4. The lowest BCUT2D eigenvalue weighted by Crippen LogP contribution is -2.19. The number of benzene rings is 1. The fourth-order valence-corrected chi connectivity index (χ4v) is 3.56. The zero-order valence-corrected chi connectivity index (χ0v) is 19.6. The molecule has 30 heavy (non-hydrogen) atoms. The second-order valence-corrected chi connectivity index (χ2v) is 8.28. The highest BCUT2D eigenvalue weighted by atomic mass is 16.5. The van der Waals surface area contributed by atoms with Crippen molar-refractivity contribution in [2.45, 2.75) is 91.9 Å². The van der Waals surface area contributed by atoms with Crippen molar-refractivity contribution < 1.29 is 19.1 Å². The van der Waals surface area contributed by atoms with Crippen LogP contribution in [0.4, 0.5) is 0 Å². The molecule has 0 amide bonds. The highest BCUT2D eigenvalue weighted by Gasteiger charge is 2.21. The lowest BCUT2D eigenvalue weighted by atomic mass is 9.99. The van der Waals surface area contributed by atoms with Crippen molar-refractivity contribution in [3.8, 4) is 0 Å². The summed E-state index contributed by atoms with van der Waals surface area (Å²) in [5, 5.41) is 0. The van der Waals surface area contributed by atoms with Crippen LogP contribution in [0.2, 0.25) is 0 Å². The van der Waals surface area contributed by atoms with Gasteiger partial charge in [-0.05, 0) is 36.8 Å². The van der Waals surface area contributed by atoms with E-state index >= 15 is 0 Å². The Hall–Kier alpha value is -1.84. The molecule has 0 saturated carbocycles. The monoisotopic (exact) mass is 418 g/mol. The van der Waals surface area contributed by atoms with Gasteiger partial charge >= 0.3 is 11.9 Å². The Morgan fingerprint density at radius 1 is 0.700 bits per heavy atom. The standard InChI is InChI=1S/C26H42O4/c1-5-9-11-15-21(7-3)19-29-25(27)23-17-13-14-18-24(23)26(28)30-20-22(8-4)16-12-10-6-2/h13-14,17-18,21-22H,5-12,15-16,19-20H2,1-4H3/t21-,22+. The van der Waals surface area contributed by atoms with Gasteiger partial charge in [0.25, 0.3) is 0 Å². The van der Waals surface area contributed by atoms with Crippen molar-refractivity contribution in [2.75, 3.05) is 13.2 Å². The van der Waals surface area contributed by atoms with Crippen LogP contribution in [0.25, 0.3) is 0 Å². The van der Waals surface area contributed by atoms with Crippen LogP contribution in [0, 0.1) is 11.8 Å². The summed E-state index contributed by atoms with van der Waals surface area (Å²) < 4.78 is 11.1. The van der Waals surface area contributed by atoms with E-state index in [0.29, 0.717) is 36.2 Å². The maximum absolute atomic E-state index is 12.7. The third-order valence-electron chi connectivity index (χ3n) is 5.85. The molecule has 0 saturated heterocycles. The lowest BCUT2D eigenvalue weighted by Gasteiger charge is -2.17. The predicted molar refractivity (Wildman–Crippen MR) is 123 cm³/mol. The zero-order chi connectivity index (χ0) is 22.2. The number of hydrogen-bond donors (Lipinski definition) is 0. The zero-order valence-electron chi connectivity index (χ0n) is 19.6. The van der Waals surface area contributed by atoms with Crippen LogP contribution in [-0.2, 0) is 9.47 Å². The third-order valence-corrected chi connectivity index (χ3v) is 5.85. The topological polar surface area (TPSA) is 52.6 Å². The van der Waals surface area contributed by atoms with Crippen LogP contribution in [0.5, 0.6) is 0 Å². The van der Waals surface area contributed by atoms with E-state index < -0.39 is 11.9 Å². The molecule has 0 unspecified atom stereocenters. The summed E-state index contributed by atoms with van der Waals surface area (Å²) >= 11 is 0. The van der Waals surface area contributed by atoms with E-state index in [2.05, 4.69) is 27.7 Å². The van der Waals surface area contributed by atoms with E-state index in [9.17, 15) is 9.59 Å². The number of carbonyl (C=O) groups excluding carboxylic acids is 2. The second-order valence-electron chi connectivity index (χ2n) is 8.28. The molecule has 170 valence electrons. The first-order valence-corrected chi connectivity index (χ1v) is 12.0. The number of rotatable bonds is 16. The van der Waals surface area contributed by atoms with Gasteiger partial charge in [0.05, 0.1) is 24.3 Å². The van der Waals surface area contributed by atoms with Crippen molar-refractivity contribution in [1.82, 2.24) is 0 Å². The number of esters is 2. The molecular weight excluding hydrogens is 376 g/mol. The Morgan fingerprint density at radius 3 is 1.43 bits per heavy atom. The number of ether oxygens (including phenoxy) is 2. The Kier molecular flexibility index (Phi) is 13.9. The van der Waals surface area contributed by atoms with Gasteiger partial charge in [-0.15, -0.1) is 0 Å². The molecule has 0 radical (unpaired) electrons. The van der Waals surface area contributed by atoms with Gasteiger partial charge in [-0.3, -0.25) is 0 Å². The van der Waals surface area contributed by atoms with E-state index in [1.165, 1.54) is 25.7 Å². The Balaban J connectivity index is 2.64. The first-order valence-electron chi connectivity index (χ1n) is 12.0. The summed E-state index contributed by atoms with van der Waals surface area (Å²) in [6, 6.07) is 6.81. The highest BCUT2D eigenvalue weighted by Crippen LogP contribution is 2.18. The molecule has 0 aliphatic rings. The van der Waals surface area contributed by atoms with E-state index in [4.69, 9.17) is 9.47 Å². The average molecular weight is 419 g/mol. The van der Waals surface area contributed by atoms with Crippen LogP contribution < -0.4 is 0 Å².